The van der Waals surface area contributed by atoms with Gasteiger partial charge in [0.05, 0.1) is 25.8 Å². The van der Waals surface area contributed by atoms with Crippen LogP contribution < -0.4 is 92.5 Å². The summed E-state index contributed by atoms with van der Waals surface area (Å²) in [5.41, 5.74) is 27.8. The summed E-state index contributed by atoms with van der Waals surface area (Å²) in [7, 11) is 0. The molecule has 1 heterocycles. The van der Waals surface area contributed by atoms with Crippen LogP contribution in [0.4, 0.5) is 0 Å². The molecule has 1 fully saturated rings. The van der Waals surface area contributed by atoms with E-state index in [-0.39, 0.29) is 113 Å². The number of guanidine groups is 2. The maximum absolute atomic E-state index is 14.5. The van der Waals surface area contributed by atoms with Crippen molar-refractivity contribution in [3.8, 4) is 5.75 Å². The normalized spacial score (nSPS) is 16.4. The SMILES string of the molecule is CC[C@H](C)[C@H](NC(=O)[C@@H]1CCCN1C(=O)[C@H](C)NC(=O)[C@H](CC(C)C)NC(=O)[C@H](CC(C)C)NC(=O)[C@H](CCCN=C(N)N)NC(=O)[C@H](CC(C)C)NC(=O)CNC(=O)[C@H](CCCN=C(N)N)NC(=O)CN)C(=O)N[C@H](C(=O)N[C@@H](C)C(=O)N[C@@H](Cc1ccc(O)cc1)C(=O)N[C@@H](CO)C(=O)O)[C@@H](C)O. The Balaban J connectivity index is 2.32. The van der Waals surface area contributed by atoms with Crippen LogP contribution in [-0.2, 0) is 73.5 Å². The number of nitrogens with zero attached hydrogens (tertiary/aromatic N) is 3. The van der Waals surface area contributed by atoms with Crippen molar-refractivity contribution in [2.75, 3.05) is 39.3 Å². The van der Waals surface area contributed by atoms with E-state index in [0.717, 1.165) is 0 Å². The Bertz CT molecular complexity index is 3160. The molecule has 1 aromatic carbocycles. The molecule has 0 bridgehead atoms. The number of nitrogens with two attached hydrogens (primary N) is 5. The van der Waals surface area contributed by atoms with E-state index in [2.05, 4.69) is 73.8 Å². The number of aliphatic imine (C=N–C) groups is 2. The Morgan fingerprint density at radius 1 is 0.524 bits per heavy atom. The molecular weight excluding hydrogens is 1370 g/mol. The fourth-order valence-corrected chi connectivity index (χ4v) is 11.0. The summed E-state index contributed by atoms with van der Waals surface area (Å²) in [6.07, 6.45) is -0.555. The van der Waals surface area contributed by atoms with Crippen LogP contribution in [0, 0.1) is 23.7 Å². The molecule has 2 rings (SSSR count). The Labute approximate surface area is 611 Å². The number of carboxylic acids is 1. The molecule has 14 atom stereocenters. The number of amides is 13. The molecule has 1 aliphatic heterocycles. The molecule has 0 spiro atoms. The summed E-state index contributed by atoms with van der Waals surface area (Å²) >= 11 is 0. The number of nitrogens with one attached hydrogen (secondary N) is 12. The zero-order valence-electron chi connectivity index (χ0n) is 61.9. The average Bonchev–Trinajstić information content (AvgIpc) is 1.75. The quantitative estimate of drug-likeness (QED) is 0.0164. The lowest BCUT2D eigenvalue weighted by atomic mass is 9.97. The largest absolute Gasteiger partial charge is 0.508 e. The van der Waals surface area contributed by atoms with Gasteiger partial charge in [0.15, 0.2) is 11.9 Å². The number of rotatable bonds is 46. The maximum Gasteiger partial charge on any atom is 0.328 e. The van der Waals surface area contributed by atoms with Crippen molar-refractivity contribution in [2.24, 2.45) is 62.3 Å². The first kappa shape index (κ1) is 91.1. The number of phenols is 1. The van der Waals surface area contributed by atoms with Gasteiger partial charge in [-0.15, -0.1) is 0 Å². The molecule has 590 valence electrons. The van der Waals surface area contributed by atoms with Crippen LogP contribution in [0.2, 0.25) is 0 Å². The molecule has 0 saturated carbocycles. The van der Waals surface area contributed by atoms with Crippen LogP contribution in [0.5, 0.6) is 5.75 Å². The number of hydrogen-bond acceptors (Lipinski definition) is 20. The fourth-order valence-electron chi connectivity index (χ4n) is 11.0. The summed E-state index contributed by atoms with van der Waals surface area (Å²) in [6.45, 7) is 16.0. The second kappa shape index (κ2) is 46.0. The Morgan fingerprint density at radius 3 is 1.44 bits per heavy atom. The molecule has 105 heavy (non-hydrogen) atoms. The molecule has 1 saturated heterocycles. The predicted molar refractivity (Wildman–Crippen MR) is 385 cm³/mol. The van der Waals surface area contributed by atoms with Gasteiger partial charge < -0.3 is 118 Å². The topological polar surface area (TPSA) is 622 Å². The number of benzene rings is 1. The lowest BCUT2D eigenvalue weighted by Crippen LogP contribution is -2.62. The zero-order valence-corrected chi connectivity index (χ0v) is 61.9. The van der Waals surface area contributed by atoms with Gasteiger partial charge in [-0.25, -0.2) is 4.79 Å². The summed E-state index contributed by atoms with van der Waals surface area (Å²) in [5.74, 6) is -14.2. The van der Waals surface area contributed by atoms with Crippen molar-refractivity contribution in [1.82, 2.24) is 68.7 Å². The van der Waals surface area contributed by atoms with Crippen molar-refractivity contribution in [2.45, 2.75) is 225 Å². The van der Waals surface area contributed by atoms with Gasteiger partial charge in [0, 0.05) is 26.1 Å². The first-order valence-corrected chi connectivity index (χ1v) is 35.2. The number of aliphatic hydroxyl groups is 2. The van der Waals surface area contributed by atoms with Crippen LogP contribution in [0.15, 0.2) is 34.3 Å². The molecule has 1 aliphatic rings. The Morgan fingerprint density at radius 2 is 0.962 bits per heavy atom. The molecular formula is C67H114N20O18. The number of aliphatic hydroxyl groups excluding tert-OH is 2. The van der Waals surface area contributed by atoms with E-state index in [1.165, 1.54) is 49.9 Å². The molecule has 0 radical (unpaired) electrons. The summed E-state index contributed by atoms with van der Waals surface area (Å²) in [5, 5.41) is 70.0. The molecule has 38 heteroatoms. The number of aromatic hydroxyl groups is 1. The maximum atomic E-state index is 14.5. The second-order valence-electron chi connectivity index (χ2n) is 27.4. The number of hydrogen-bond donors (Lipinski definition) is 21. The number of carbonyl (C=O) groups is 14. The summed E-state index contributed by atoms with van der Waals surface area (Å²) in [4.78, 5) is 200. The smallest absolute Gasteiger partial charge is 0.328 e. The highest BCUT2D eigenvalue weighted by Crippen LogP contribution is 2.21. The van der Waals surface area contributed by atoms with E-state index in [1.54, 1.807) is 55.4 Å². The highest BCUT2D eigenvalue weighted by Gasteiger charge is 2.41. The van der Waals surface area contributed by atoms with Gasteiger partial charge in [0.25, 0.3) is 0 Å². The van der Waals surface area contributed by atoms with E-state index in [0.29, 0.717) is 18.4 Å². The minimum atomic E-state index is -1.74. The highest BCUT2D eigenvalue weighted by atomic mass is 16.4. The average molecular weight is 1490 g/mol. The molecule has 13 amide bonds. The number of likely N-dealkylation sites (tertiary alicyclic amines) is 1. The summed E-state index contributed by atoms with van der Waals surface area (Å²) < 4.78 is 0. The van der Waals surface area contributed by atoms with Crippen LogP contribution in [0.1, 0.15) is 146 Å². The third-order valence-corrected chi connectivity index (χ3v) is 16.8. The van der Waals surface area contributed by atoms with Gasteiger partial charge >= 0.3 is 5.97 Å². The van der Waals surface area contributed by atoms with Gasteiger partial charge in [-0.3, -0.25) is 72.3 Å². The zero-order chi connectivity index (χ0) is 79.5. The molecule has 0 aromatic heterocycles. The van der Waals surface area contributed by atoms with E-state index in [4.69, 9.17) is 28.7 Å². The second-order valence-corrected chi connectivity index (χ2v) is 27.4. The molecule has 26 N–H and O–H groups in total. The van der Waals surface area contributed by atoms with Crippen molar-refractivity contribution < 1.29 is 87.5 Å². The summed E-state index contributed by atoms with van der Waals surface area (Å²) in [6, 6.07) is -11.1. The number of aliphatic carboxylic acids is 1. The monoisotopic (exact) mass is 1490 g/mol. The van der Waals surface area contributed by atoms with Gasteiger partial charge in [-0.1, -0.05) is 73.9 Å². The lowest BCUT2D eigenvalue weighted by Gasteiger charge is -2.32. The third-order valence-electron chi connectivity index (χ3n) is 16.8. The number of carboxylic acid groups (broad SMARTS) is 1. The van der Waals surface area contributed by atoms with Crippen molar-refractivity contribution in [3.63, 3.8) is 0 Å². The molecule has 1 aromatic rings. The Kier molecular flexibility index (Phi) is 39.9. The van der Waals surface area contributed by atoms with E-state index in [9.17, 15) is 87.5 Å². The van der Waals surface area contributed by atoms with Gasteiger partial charge in [0.1, 0.15) is 78.3 Å². The van der Waals surface area contributed by atoms with Crippen LogP contribution in [0.3, 0.4) is 0 Å². The van der Waals surface area contributed by atoms with Crippen LogP contribution in [-0.4, -0.2) is 238 Å². The van der Waals surface area contributed by atoms with Crippen molar-refractivity contribution >= 4 is 94.7 Å². The fraction of sp³-hybridized carbons (Fsp3) is 0.672. The first-order chi connectivity index (χ1) is 49.2. The van der Waals surface area contributed by atoms with Gasteiger partial charge in [-0.2, -0.15) is 0 Å². The van der Waals surface area contributed by atoms with Gasteiger partial charge in [-0.05, 0) is 120 Å². The van der Waals surface area contributed by atoms with E-state index >= 15 is 0 Å². The lowest BCUT2D eigenvalue weighted by molar-refractivity contribution is -0.143. The minimum absolute atomic E-state index is 0.0277. The molecule has 38 nitrogen and oxygen atoms in total. The number of phenolic OH excluding ortho intramolecular Hbond substituents is 1. The predicted octanol–water partition coefficient (Wildman–Crippen LogP) is -5.88. The van der Waals surface area contributed by atoms with E-state index < -0.39 is 187 Å². The molecule has 0 unspecified atom stereocenters. The number of carbonyl (C=O) groups excluding carboxylic acids is 13. The van der Waals surface area contributed by atoms with Crippen molar-refractivity contribution in [1.29, 1.82) is 0 Å². The van der Waals surface area contributed by atoms with Crippen molar-refractivity contribution in [3.05, 3.63) is 29.8 Å². The standard InChI is InChI=1S/C67H114N20O18/c1-12-36(8)52(62(101)86-53(39(11)89)63(102)76-37(9)54(93)81-47(29-40-19-21-41(90)22-20-40)60(99)84-48(32-88)65(104)105)85-61(100)49-18-15-25-87(49)64(103)38(10)77-57(96)45(27-34(4)5)83-59(98)46(28-35(6)7)82-56(95)43(17-14-24-74-67(71)72)80-58(97)44(26-33(2)3)79-51(92)31-75-55(94)42(78-50(91)30-68)16-13-23-73-66(69)70/h19-22,33-39,42-49,52-53,88-90H,12-18,23-32,68H2,1-11H3,(H,75,94)(H,76,102)(H,77,96)(H,78,91)(H,79,92)(H,80,97)(H,81,93)(H,82,95)(H,83,98)(H,84,99)(H,85,100)(H,86,101)(H,104,105)(H4,69,70,73)(H4,71,72,74)/t36-,37-,38-,39+,42-,43-,44-,45-,46-,47-,48-,49-,52-,53-/m0/s1. The minimum Gasteiger partial charge on any atom is -0.508 e. The van der Waals surface area contributed by atoms with Crippen LogP contribution in [0.25, 0.3) is 0 Å². The first-order valence-electron chi connectivity index (χ1n) is 35.2. The van der Waals surface area contributed by atoms with Gasteiger partial charge in [0.2, 0.25) is 76.8 Å². The highest BCUT2D eigenvalue weighted by molar-refractivity contribution is 6.00. The third kappa shape index (κ3) is 33.1. The Hall–Kier alpha value is -9.98. The van der Waals surface area contributed by atoms with E-state index in [1.807, 2.05) is 0 Å². The van der Waals surface area contributed by atoms with Crippen LogP contribution >= 0.6 is 0 Å². The molecule has 0 aliphatic carbocycles.